The van der Waals surface area contributed by atoms with Crippen molar-refractivity contribution in [2.45, 2.75) is 45.4 Å². The highest BCUT2D eigenvalue weighted by Crippen LogP contribution is 2.04. The van der Waals surface area contributed by atoms with Crippen LogP contribution >= 0.6 is 0 Å². The first kappa shape index (κ1) is 14.9. The van der Waals surface area contributed by atoms with Crippen LogP contribution in [0.1, 0.15) is 45.4 Å². The Labute approximate surface area is 80.5 Å². The second-order valence-electron chi connectivity index (χ2n) is 2.79. The highest BCUT2D eigenvalue weighted by molar-refractivity contribution is 5.36. The molecule has 0 atom stereocenters. The number of halogens is 1. The van der Waals surface area contributed by atoms with Gasteiger partial charge in [-0.25, -0.2) is 0 Å². The minimum atomic E-state index is -0.133. The normalized spacial score (nSPS) is 8.54. The van der Waals surface area contributed by atoms with Crippen molar-refractivity contribution >= 4 is 6.47 Å². The molecule has 2 nitrogen and oxygen atoms in total. The average molecular weight is 192 g/mol. The SMILES string of the molecule is CCCCCCCCF.COC=O. The summed E-state index contributed by atoms with van der Waals surface area (Å²) in [5.74, 6) is 0. The number of unbranched alkanes of at least 4 members (excludes halogenated alkanes) is 5. The number of carbonyl (C=O) groups excluding carboxylic acids is 1. The van der Waals surface area contributed by atoms with E-state index in [-0.39, 0.29) is 6.67 Å². The minimum absolute atomic E-state index is 0.133. The van der Waals surface area contributed by atoms with E-state index >= 15 is 0 Å². The van der Waals surface area contributed by atoms with Crippen molar-refractivity contribution < 1.29 is 13.9 Å². The third-order valence-electron chi connectivity index (χ3n) is 1.58. The largest absolute Gasteiger partial charge is 0.471 e. The Morgan fingerprint density at radius 1 is 1.15 bits per heavy atom. The maximum absolute atomic E-state index is 11.5. The van der Waals surface area contributed by atoms with Crippen molar-refractivity contribution in [3.05, 3.63) is 0 Å². The fourth-order valence-electron chi connectivity index (χ4n) is 0.875. The van der Waals surface area contributed by atoms with E-state index in [9.17, 15) is 4.39 Å². The molecule has 0 aromatic heterocycles. The van der Waals surface area contributed by atoms with Gasteiger partial charge in [-0.1, -0.05) is 39.0 Å². The number of hydrogen-bond donors (Lipinski definition) is 0. The number of rotatable bonds is 7. The highest BCUT2D eigenvalue weighted by Gasteiger charge is 1.87. The summed E-state index contributed by atoms with van der Waals surface area (Å²) in [4.78, 5) is 8.95. The Morgan fingerprint density at radius 2 is 1.62 bits per heavy atom. The third-order valence-corrected chi connectivity index (χ3v) is 1.58. The van der Waals surface area contributed by atoms with Crippen LogP contribution in [-0.2, 0) is 9.53 Å². The van der Waals surface area contributed by atoms with E-state index in [4.69, 9.17) is 4.79 Å². The predicted molar refractivity (Wildman–Crippen MR) is 52.4 cm³/mol. The van der Waals surface area contributed by atoms with Crippen LogP contribution in [0.3, 0.4) is 0 Å². The second-order valence-corrected chi connectivity index (χ2v) is 2.79. The molecule has 0 unspecified atom stereocenters. The Hall–Kier alpha value is -0.600. The van der Waals surface area contributed by atoms with E-state index in [1.165, 1.54) is 32.8 Å². The minimum Gasteiger partial charge on any atom is -0.471 e. The van der Waals surface area contributed by atoms with Crippen LogP contribution in [0, 0.1) is 0 Å². The summed E-state index contributed by atoms with van der Waals surface area (Å²) in [7, 11) is 1.31. The van der Waals surface area contributed by atoms with Crippen LogP contribution in [0.2, 0.25) is 0 Å². The van der Waals surface area contributed by atoms with Crippen molar-refractivity contribution in [1.82, 2.24) is 0 Å². The molecule has 0 fully saturated rings. The molecule has 13 heavy (non-hydrogen) atoms. The van der Waals surface area contributed by atoms with Gasteiger partial charge in [0.1, 0.15) is 0 Å². The molecule has 0 amide bonds. The number of carbonyl (C=O) groups is 1. The lowest BCUT2D eigenvalue weighted by atomic mass is 10.1. The molecule has 0 aromatic carbocycles. The summed E-state index contributed by atoms with van der Waals surface area (Å²) in [5, 5.41) is 0. The fraction of sp³-hybridized carbons (Fsp3) is 0.900. The molecule has 0 saturated heterocycles. The molecule has 0 bridgehead atoms. The van der Waals surface area contributed by atoms with Crippen molar-refractivity contribution in [3.63, 3.8) is 0 Å². The summed E-state index contributed by atoms with van der Waals surface area (Å²) in [5.41, 5.74) is 0. The molecule has 80 valence electrons. The molecular formula is C10H21FO2. The van der Waals surface area contributed by atoms with E-state index in [2.05, 4.69) is 11.7 Å². The van der Waals surface area contributed by atoms with Crippen LogP contribution in [0.5, 0.6) is 0 Å². The van der Waals surface area contributed by atoms with Gasteiger partial charge in [0.15, 0.2) is 0 Å². The predicted octanol–water partition coefficient (Wildman–Crippen LogP) is 3.11. The number of hydrogen-bond acceptors (Lipinski definition) is 2. The monoisotopic (exact) mass is 192 g/mol. The summed E-state index contributed by atoms with van der Waals surface area (Å²) in [6.45, 7) is 2.43. The van der Waals surface area contributed by atoms with Crippen molar-refractivity contribution in [1.29, 1.82) is 0 Å². The van der Waals surface area contributed by atoms with Crippen molar-refractivity contribution in [3.8, 4) is 0 Å². The zero-order valence-electron chi connectivity index (χ0n) is 8.72. The topological polar surface area (TPSA) is 26.3 Å². The smallest absolute Gasteiger partial charge is 0.292 e. The maximum atomic E-state index is 11.5. The van der Waals surface area contributed by atoms with Gasteiger partial charge in [0.2, 0.25) is 0 Å². The van der Waals surface area contributed by atoms with Crippen LogP contribution in [0.4, 0.5) is 4.39 Å². The standard InChI is InChI=1S/C8H17F.C2H4O2/c1-2-3-4-5-6-7-8-9;1-4-2-3/h2-8H2,1H3;2H,1H3. The first-order chi connectivity index (χ1) is 6.33. The zero-order chi connectivity index (χ0) is 10.4. The molecule has 0 N–H and O–H groups in total. The lowest BCUT2D eigenvalue weighted by molar-refractivity contribution is -0.126. The molecule has 0 aliphatic heterocycles. The Bertz CT molecular complexity index is 81.0. The first-order valence-corrected chi connectivity index (χ1v) is 4.85. The summed E-state index contributed by atoms with van der Waals surface area (Å²) in [6.07, 6.45) is 6.94. The lowest BCUT2D eigenvalue weighted by Crippen LogP contribution is -1.78. The maximum Gasteiger partial charge on any atom is 0.292 e. The third kappa shape index (κ3) is 24.6. The number of ether oxygens (including phenoxy) is 1. The molecule has 0 heterocycles. The number of methoxy groups -OCH3 is 1. The molecule has 0 saturated carbocycles. The van der Waals surface area contributed by atoms with Crippen LogP contribution < -0.4 is 0 Å². The van der Waals surface area contributed by atoms with Gasteiger partial charge in [-0.15, -0.1) is 0 Å². The van der Waals surface area contributed by atoms with Crippen LogP contribution in [0.15, 0.2) is 0 Å². The second kappa shape index (κ2) is 17.5. The Balaban J connectivity index is 0. The molecule has 0 aliphatic rings. The van der Waals surface area contributed by atoms with Crippen molar-refractivity contribution in [2.24, 2.45) is 0 Å². The Morgan fingerprint density at radius 3 is 2.00 bits per heavy atom. The first-order valence-electron chi connectivity index (χ1n) is 4.85. The zero-order valence-corrected chi connectivity index (χ0v) is 8.72. The fourth-order valence-corrected chi connectivity index (χ4v) is 0.875. The number of alkyl halides is 1. The van der Waals surface area contributed by atoms with Crippen LogP contribution in [-0.4, -0.2) is 20.3 Å². The van der Waals surface area contributed by atoms with Gasteiger partial charge in [-0.2, -0.15) is 0 Å². The van der Waals surface area contributed by atoms with E-state index < -0.39 is 0 Å². The van der Waals surface area contributed by atoms with Gasteiger partial charge < -0.3 is 4.74 Å². The van der Waals surface area contributed by atoms with Gasteiger partial charge in [0.25, 0.3) is 6.47 Å². The van der Waals surface area contributed by atoms with E-state index in [0.29, 0.717) is 6.47 Å². The summed E-state index contributed by atoms with van der Waals surface area (Å²) < 4.78 is 15.4. The molecule has 0 aliphatic carbocycles. The van der Waals surface area contributed by atoms with Gasteiger partial charge in [-0.3, -0.25) is 9.18 Å². The summed E-state index contributed by atoms with van der Waals surface area (Å²) >= 11 is 0. The molecular weight excluding hydrogens is 171 g/mol. The molecule has 0 rings (SSSR count). The Kier molecular flexibility index (Phi) is 20.0. The molecule has 3 heteroatoms. The van der Waals surface area contributed by atoms with E-state index in [1.807, 2.05) is 0 Å². The molecule has 0 aromatic rings. The van der Waals surface area contributed by atoms with Gasteiger partial charge in [-0.05, 0) is 6.42 Å². The van der Waals surface area contributed by atoms with Gasteiger partial charge in [0, 0.05) is 0 Å². The lowest BCUT2D eigenvalue weighted by Gasteiger charge is -1.95. The van der Waals surface area contributed by atoms with E-state index in [0.717, 1.165) is 12.8 Å². The van der Waals surface area contributed by atoms with E-state index in [1.54, 1.807) is 0 Å². The van der Waals surface area contributed by atoms with Crippen molar-refractivity contribution in [2.75, 3.05) is 13.8 Å². The molecule has 0 spiro atoms. The average Bonchev–Trinajstić information content (AvgIpc) is 2.18. The highest BCUT2D eigenvalue weighted by atomic mass is 19.1. The quantitative estimate of drug-likeness (QED) is 0.457. The van der Waals surface area contributed by atoms with Crippen LogP contribution in [0.25, 0.3) is 0 Å². The van der Waals surface area contributed by atoms with Gasteiger partial charge in [0.05, 0.1) is 13.8 Å². The summed E-state index contributed by atoms with van der Waals surface area (Å²) in [6, 6.07) is 0. The molecule has 0 radical (unpaired) electrons. The van der Waals surface area contributed by atoms with Gasteiger partial charge >= 0.3 is 0 Å².